The molecule has 1 aliphatic carbocycles. The van der Waals surface area contributed by atoms with Gasteiger partial charge in [0.2, 0.25) is 0 Å². The number of rotatable bonds is 4. The van der Waals surface area contributed by atoms with Crippen LogP contribution < -0.4 is 21.5 Å². The molecule has 6 heteroatoms. The van der Waals surface area contributed by atoms with Gasteiger partial charge in [-0.25, -0.2) is 0 Å². The van der Waals surface area contributed by atoms with Gasteiger partial charge in [0.25, 0.3) is 5.91 Å². The summed E-state index contributed by atoms with van der Waals surface area (Å²) in [5.74, 6) is -0.159. The number of thiocarbonyl (C=S) groups is 1. The number of amides is 1. The van der Waals surface area contributed by atoms with Gasteiger partial charge in [-0.15, -0.1) is 0 Å². The highest BCUT2D eigenvalue weighted by atomic mass is 32.1. The number of anilines is 1. The fourth-order valence-electron chi connectivity index (χ4n) is 2.49. The van der Waals surface area contributed by atoms with Crippen molar-refractivity contribution in [2.24, 2.45) is 0 Å². The van der Waals surface area contributed by atoms with Gasteiger partial charge in [-0.05, 0) is 44.1 Å². The van der Waals surface area contributed by atoms with E-state index in [0.29, 0.717) is 11.2 Å². The van der Waals surface area contributed by atoms with Crippen molar-refractivity contribution in [2.75, 3.05) is 11.9 Å². The molecule has 1 aromatic carbocycles. The van der Waals surface area contributed by atoms with E-state index in [0.717, 1.165) is 18.5 Å². The van der Waals surface area contributed by atoms with Crippen LogP contribution in [0.4, 0.5) is 5.69 Å². The van der Waals surface area contributed by atoms with Gasteiger partial charge in [-0.1, -0.05) is 37.0 Å². The van der Waals surface area contributed by atoms with Gasteiger partial charge in [-0.2, -0.15) is 0 Å². The first-order chi connectivity index (χ1) is 10.6. The Hall–Kier alpha value is -1.82. The molecule has 1 aromatic rings. The number of aryl methyl sites for hydroxylation is 1. The van der Waals surface area contributed by atoms with Crippen LogP contribution in [0.3, 0.4) is 0 Å². The Kier molecular flexibility index (Phi) is 6.45. The predicted molar refractivity (Wildman–Crippen MR) is 93.6 cm³/mol. The summed E-state index contributed by atoms with van der Waals surface area (Å²) in [6.07, 6.45) is 6.08. The summed E-state index contributed by atoms with van der Waals surface area (Å²) in [7, 11) is 0. The SMILES string of the molecule is Cc1ccc(NCC(=O)NNC(=S)NC2CCCCC2)cc1. The Bertz CT molecular complexity index is 497. The summed E-state index contributed by atoms with van der Waals surface area (Å²) < 4.78 is 0. The molecule has 0 unspecified atom stereocenters. The van der Waals surface area contributed by atoms with E-state index in [2.05, 4.69) is 21.5 Å². The van der Waals surface area contributed by atoms with Gasteiger partial charge in [0.1, 0.15) is 0 Å². The molecule has 0 atom stereocenters. The maximum Gasteiger partial charge on any atom is 0.257 e. The quantitative estimate of drug-likeness (QED) is 0.506. The molecule has 120 valence electrons. The van der Waals surface area contributed by atoms with Crippen LogP contribution in [-0.2, 0) is 4.79 Å². The Labute approximate surface area is 137 Å². The van der Waals surface area contributed by atoms with E-state index in [1.54, 1.807) is 0 Å². The van der Waals surface area contributed by atoms with Crippen LogP contribution in [0, 0.1) is 6.92 Å². The summed E-state index contributed by atoms with van der Waals surface area (Å²) in [6.45, 7) is 2.22. The third-order valence-electron chi connectivity index (χ3n) is 3.76. The Morgan fingerprint density at radius 3 is 2.50 bits per heavy atom. The molecule has 0 heterocycles. The molecule has 5 nitrogen and oxygen atoms in total. The van der Waals surface area contributed by atoms with Crippen LogP contribution in [0.25, 0.3) is 0 Å². The fourth-order valence-corrected chi connectivity index (χ4v) is 2.71. The Balaban J connectivity index is 1.62. The first-order valence-corrected chi connectivity index (χ1v) is 8.20. The van der Waals surface area contributed by atoms with Crippen LogP contribution in [0.5, 0.6) is 0 Å². The lowest BCUT2D eigenvalue weighted by Crippen LogP contribution is -2.51. The summed E-state index contributed by atoms with van der Waals surface area (Å²) in [6, 6.07) is 8.33. The van der Waals surface area contributed by atoms with Crippen LogP contribution in [0.15, 0.2) is 24.3 Å². The first-order valence-electron chi connectivity index (χ1n) is 7.79. The second-order valence-corrected chi connectivity index (χ2v) is 6.11. The molecule has 1 aliphatic rings. The first kappa shape index (κ1) is 16.5. The average molecular weight is 320 g/mol. The van der Waals surface area contributed by atoms with E-state index in [1.807, 2.05) is 31.2 Å². The molecule has 0 saturated heterocycles. The number of carbonyl (C=O) groups excluding carboxylic acids is 1. The maximum absolute atomic E-state index is 11.8. The largest absolute Gasteiger partial charge is 0.376 e. The summed E-state index contributed by atoms with van der Waals surface area (Å²) in [5.41, 5.74) is 7.47. The van der Waals surface area contributed by atoms with Gasteiger partial charge >= 0.3 is 0 Å². The highest BCUT2D eigenvalue weighted by Gasteiger charge is 2.13. The molecule has 4 N–H and O–H groups in total. The smallest absolute Gasteiger partial charge is 0.257 e. The molecule has 0 aliphatic heterocycles. The van der Waals surface area contributed by atoms with Crippen molar-refractivity contribution < 1.29 is 4.79 Å². The minimum atomic E-state index is -0.159. The monoisotopic (exact) mass is 320 g/mol. The van der Waals surface area contributed by atoms with E-state index in [4.69, 9.17) is 12.2 Å². The Morgan fingerprint density at radius 1 is 1.14 bits per heavy atom. The summed E-state index contributed by atoms with van der Waals surface area (Å²) in [5, 5.41) is 6.78. The van der Waals surface area contributed by atoms with Crippen molar-refractivity contribution in [3.63, 3.8) is 0 Å². The summed E-state index contributed by atoms with van der Waals surface area (Å²) >= 11 is 5.19. The van der Waals surface area contributed by atoms with Crippen LogP contribution >= 0.6 is 12.2 Å². The van der Waals surface area contributed by atoms with Crippen molar-refractivity contribution >= 4 is 28.9 Å². The van der Waals surface area contributed by atoms with Crippen LogP contribution in [-0.4, -0.2) is 23.6 Å². The minimum Gasteiger partial charge on any atom is -0.376 e. The average Bonchev–Trinajstić information content (AvgIpc) is 2.53. The van der Waals surface area contributed by atoms with Gasteiger partial charge < -0.3 is 10.6 Å². The molecule has 2 rings (SSSR count). The Morgan fingerprint density at radius 2 is 1.82 bits per heavy atom. The maximum atomic E-state index is 11.8. The normalized spacial score (nSPS) is 15.0. The topological polar surface area (TPSA) is 65.2 Å². The highest BCUT2D eigenvalue weighted by Crippen LogP contribution is 2.17. The van der Waals surface area contributed by atoms with Crippen molar-refractivity contribution in [3.05, 3.63) is 29.8 Å². The molecule has 0 radical (unpaired) electrons. The van der Waals surface area contributed by atoms with E-state index in [9.17, 15) is 4.79 Å². The van der Waals surface area contributed by atoms with E-state index >= 15 is 0 Å². The molecule has 22 heavy (non-hydrogen) atoms. The lowest BCUT2D eigenvalue weighted by molar-refractivity contribution is -0.119. The van der Waals surface area contributed by atoms with Crippen molar-refractivity contribution in [1.29, 1.82) is 0 Å². The molecule has 0 bridgehead atoms. The number of benzene rings is 1. The minimum absolute atomic E-state index is 0.159. The highest BCUT2D eigenvalue weighted by molar-refractivity contribution is 7.80. The fraction of sp³-hybridized carbons (Fsp3) is 0.500. The lowest BCUT2D eigenvalue weighted by Gasteiger charge is -2.24. The van der Waals surface area contributed by atoms with Gasteiger partial charge in [-0.3, -0.25) is 15.6 Å². The zero-order chi connectivity index (χ0) is 15.8. The second kappa shape index (κ2) is 8.58. The predicted octanol–water partition coefficient (Wildman–Crippen LogP) is 2.23. The van der Waals surface area contributed by atoms with Crippen molar-refractivity contribution in [3.8, 4) is 0 Å². The molecule has 1 saturated carbocycles. The lowest BCUT2D eigenvalue weighted by atomic mass is 9.96. The van der Waals surface area contributed by atoms with E-state index in [1.165, 1.54) is 24.8 Å². The molecule has 1 amide bonds. The van der Waals surface area contributed by atoms with Gasteiger partial charge in [0.15, 0.2) is 5.11 Å². The van der Waals surface area contributed by atoms with Gasteiger partial charge in [0, 0.05) is 11.7 Å². The van der Waals surface area contributed by atoms with Crippen LogP contribution in [0.2, 0.25) is 0 Å². The standard InChI is InChI=1S/C16H24N4OS/c1-12-7-9-13(10-8-12)17-11-15(21)19-20-16(22)18-14-5-3-2-4-6-14/h7-10,14,17H,2-6,11H2,1H3,(H,19,21)(H2,18,20,22). The summed E-state index contributed by atoms with van der Waals surface area (Å²) in [4.78, 5) is 11.8. The second-order valence-electron chi connectivity index (χ2n) is 5.70. The van der Waals surface area contributed by atoms with E-state index < -0.39 is 0 Å². The van der Waals surface area contributed by atoms with Gasteiger partial charge in [0.05, 0.1) is 6.54 Å². The zero-order valence-corrected chi connectivity index (χ0v) is 13.8. The number of carbonyl (C=O) groups is 1. The van der Waals surface area contributed by atoms with E-state index in [-0.39, 0.29) is 12.5 Å². The van der Waals surface area contributed by atoms with Crippen molar-refractivity contribution in [1.82, 2.24) is 16.2 Å². The third kappa shape index (κ3) is 5.89. The molecule has 0 spiro atoms. The molecule has 1 fully saturated rings. The molecule has 0 aromatic heterocycles. The number of hydrogen-bond acceptors (Lipinski definition) is 3. The van der Waals surface area contributed by atoms with Crippen LogP contribution in [0.1, 0.15) is 37.7 Å². The number of hydrogen-bond donors (Lipinski definition) is 4. The van der Waals surface area contributed by atoms with Crippen molar-refractivity contribution in [2.45, 2.75) is 45.1 Å². The molecular weight excluding hydrogens is 296 g/mol. The number of hydrazine groups is 1. The number of nitrogens with one attached hydrogen (secondary N) is 4. The third-order valence-corrected chi connectivity index (χ3v) is 3.98. The molecular formula is C16H24N4OS. The zero-order valence-electron chi connectivity index (χ0n) is 12.9.